The maximum absolute atomic E-state index is 11.4. The van der Waals surface area contributed by atoms with Crippen molar-refractivity contribution in [2.45, 2.75) is 17.4 Å². The standard InChI is InChI=1S/C11H10Cl2O2/c12-11(13)6-9(11)10(14)15-7-8-4-2-1-3-5-8/h1-5,9H,6-7H2. The number of halogens is 2. The van der Waals surface area contributed by atoms with E-state index in [9.17, 15) is 4.79 Å². The zero-order valence-corrected chi connectivity index (χ0v) is 9.46. The molecule has 0 radical (unpaired) electrons. The SMILES string of the molecule is O=C(OCc1ccccc1)C1CC1(Cl)Cl. The zero-order chi connectivity index (χ0) is 10.9. The van der Waals surface area contributed by atoms with Crippen LogP contribution in [0.2, 0.25) is 0 Å². The van der Waals surface area contributed by atoms with Gasteiger partial charge in [-0.25, -0.2) is 0 Å². The van der Waals surface area contributed by atoms with E-state index in [0.29, 0.717) is 6.42 Å². The normalized spacial score (nSPS) is 22.1. The second kappa shape index (κ2) is 4.03. The molecular weight excluding hydrogens is 235 g/mol. The summed E-state index contributed by atoms with van der Waals surface area (Å²) in [4.78, 5) is 11.4. The number of hydrogen-bond donors (Lipinski definition) is 0. The first-order chi connectivity index (χ1) is 7.09. The van der Waals surface area contributed by atoms with Crippen LogP contribution in [-0.4, -0.2) is 10.3 Å². The molecule has 1 saturated carbocycles. The number of alkyl halides is 2. The molecule has 0 N–H and O–H groups in total. The fraction of sp³-hybridized carbons (Fsp3) is 0.364. The van der Waals surface area contributed by atoms with Crippen LogP contribution in [0.4, 0.5) is 0 Å². The van der Waals surface area contributed by atoms with Crippen molar-refractivity contribution in [1.82, 2.24) is 0 Å². The molecule has 4 heteroatoms. The van der Waals surface area contributed by atoms with E-state index in [0.717, 1.165) is 5.56 Å². The molecule has 2 nitrogen and oxygen atoms in total. The Hall–Kier alpha value is -0.730. The first-order valence-electron chi connectivity index (χ1n) is 4.68. The van der Waals surface area contributed by atoms with Gasteiger partial charge in [0.05, 0.1) is 5.92 Å². The molecule has 1 aliphatic rings. The van der Waals surface area contributed by atoms with Crippen molar-refractivity contribution < 1.29 is 9.53 Å². The Labute approximate surface area is 98.1 Å². The third-order valence-corrected chi connectivity index (χ3v) is 3.17. The fourth-order valence-corrected chi connectivity index (χ4v) is 1.79. The van der Waals surface area contributed by atoms with Crippen LogP contribution < -0.4 is 0 Å². The van der Waals surface area contributed by atoms with E-state index in [1.54, 1.807) is 0 Å². The Morgan fingerprint density at radius 1 is 1.40 bits per heavy atom. The third kappa shape index (κ3) is 2.64. The van der Waals surface area contributed by atoms with Gasteiger partial charge < -0.3 is 4.74 Å². The first kappa shape index (κ1) is 10.8. The predicted octanol–water partition coefficient (Wildman–Crippen LogP) is 2.92. The van der Waals surface area contributed by atoms with E-state index in [4.69, 9.17) is 27.9 Å². The number of carbonyl (C=O) groups is 1. The molecule has 0 bridgehead atoms. The van der Waals surface area contributed by atoms with Crippen LogP contribution in [0.15, 0.2) is 30.3 Å². The van der Waals surface area contributed by atoms with E-state index in [1.165, 1.54) is 0 Å². The first-order valence-corrected chi connectivity index (χ1v) is 5.43. The summed E-state index contributed by atoms with van der Waals surface area (Å²) in [6.07, 6.45) is 0.490. The Kier molecular flexibility index (Phi) is 2.89. The largest absolute Gasteiger partial charge is 0.461 e. The van der Waals surface area contributed by atoms with Gasteiger partial charge in [-0.15, -0.1) is 23.2 Å². The summed E-state index contributed by atoms with van der Waals surface area (Å²) in [5.74, 6) is -0.673. The monoisotopic (exact) mass is 244 g/mol. The van der Waals surface area contributed by atoms with E-state index in [2.05, 4.69) is 0 Å². The molecule has 80 valence electrons. The summed E-state index contributed by atoms with van der Waals surface area (Å²) in [5.41, 5.74) is 0.959. The Balaban J connectivity index is 1.82. The summed E-state index contributed by atoms with van der Waals surface area (Å²) in [6, 6.07) is 9.50. The topological polar surface area (TPSA) is 26.3 Å². The van der Waals surface area contributed by atoms with Crippen molar-refractivity contribution in [3.8, 4) is 0 Å². The maximum Gasteiger partial charge on any atom is 0.312 e. The van der Waals surface area contributed by atoms with Crippen LogP contribution in [-0.2, 0) is 16.1 Å². The van der Waals surface area contributed by atoms with E-state index in [1.807, 2.05) is 30.3 Å². The smallest absolute Gasteiger partial charge is 0.312 e. The lowest BCUT2D eigenvalue weighted by molar-refractivity contribution is -0.146. The molecule has 0 aromatic heterocycles. The van der Waals surface area contributed by atoms with Gasteiger partial charge in [0.25, 0.3) is 0 Å². The van der Waals surface area contributed by atoms with Gasteiger partial charge >= 0.3 is 5.97 Å². The second-order valence-electron chi connectivity index (χ2n) is 3.61. The number of hydrogen-bond acceptors (Lipinski definition) is 2. The van der Waals surface area contributed by atoms with Crippen LogP contribution >= 0.6 is 23.2 Å². The molecule has 0 aliphatic heterocycles. The molecule has 15 heavy (non-hydrogen) atoms. The van der Waals surface area contributed by atoms with Gasteiger partial charge in [-0.05, 0) is 12.0 Å². The molecular formula is C11H10Cl2O2. The highest BCUT2D eigenvalue weighted by atomic mass is 35.5. The minimum absolute atomic E-state index is 0.278. The second-order valence-corrected chi connectivity index (χ2v) is 5.15. The van der Waals surface area contributed by atoms with Crippen LogP contribution in [0, 0.1) is 5.92 Å². The van der Waals surface area contributed by atoms with E-state index >= 15 is 0 Å². The summed E-state index contributed by atoms with van der Waals surface area (Å²) < 4.78 is 4.18. The molecule has 0 saturated heterocycles. The fourth-order valence-electron chi connectivity index (χ4n) is 1.30. The predicted molar refractivity (Wildman–Crippen MR) is 58.8 cm³/mol. The zero-order valence-electron chi connectivity index (χ0n) is 7.95. The van der Waals surface area contributed by atoms with Gasteiger partial charge in [0.2, 0.25) is 0 Å². The average molecular weight is 245 g/mol. The highest BCUT2D eigenvalue weighted by Crippen LogP contribution is 2.53. The van der Waals surface area contributed by atoms with Crippen molar-refractivity contribution in [2.24, 2.45) is 5.92 Å². The lowest BCUT2D eigenvalue weighted by Gasteiger charge is -2.04. The minimum Gasteiger partial charge on any atom is -0.461 e. The van der Waals surface area contributed by atoms with Crippen LogP contribution in [0.3, 0.4) is 0 Å². The minimum atomic E-state index is -0.895. The molecule has 2 rings (SSSR count). The van der Waals surface area contributed by atoms with Gasteiger partial charge in [0.15, 0.2) is 0 Å². The Morgan fingerprint density at radius 2 is 2.00 bits per heavy atom. The average Bonchev–Trinajstić information content (AvgIpc) is 2.86. The third-order valence-electron chi connectivity index (χ3n) is 2.33. The summed E-state index contributed by atoms with van der Waals surface area (Å²) in [6.45, 7) is 0.278. The molecule has 1 aromatic carbocycles. The molecule has 0 amide bonds. The number of benzene rings is 1. The van der Waals surface area contributed by atoms with E-state index < -0.39 is 4.33 Å². The highest BCUT2D eigenvalue weighted by Gasteiger charge is 2.57. The molecule has 1 aromatic rings. The Morgan fingerprint density at radius 3 is 2.53 bits per heavy atom. The summed E-state index contributed by atoms with van der Waals surface area (Å²) in [7, 11) is 0. The van der Waals surface area contributed by atoms with Crippen LogP contribution in [0.25, 0.3) is 0 Å². The Bertz CT molecular complexity index is 362. The van der Waals surface area contributed by atoms with Crippen molar-refractivity contribution in [3.05, 3.63) is 35.9 Å². The number of rotatable bonds is 3. The molecule has 1 fully saturated rings. The summed E-state index contributed by atoms with van der Waals surface area (Å²) >= 11 is 11.5. The summed E-state index contributed by atoms with van der Waals surface area (Å²) in [5, 5.41) is 0. The molecule has 1 aliphatic carbocycles. The van der Waals surface area contributed by atoms with Crippen molar-refractivity contribution in [2.75, 3.05) is 0 Å². The lowest BCUT2D eigenvalue weighted by atomic mass is 10.2. The van der Waals surface area contributed by atoms with Crippen molar-refractivity contribution >= 4 is 29.2 Å². The lowest BCUT2D eigenvalue weighted by Crippen LogP contribution is -2.10. The van der Waals surface area contributed by atoms with Gasteiger partial charge in [-0.3, -0.25) is 4.79 Å². The van der Waals surface area contributed by atoms with E-state index in [-0.39, 0.29) is 18.5 Å². The quantitative estimate of drug-likeness (QED) is 0.604. The van der Waals surface area contributed by atoms with Crippen molar-refractivity contribution in [1.29, 1.82) is 0 Å². The van der Waals surface area contributed by atoms with Gasteiger partial charge in [0.1, 0.15) is 10.9 Å². The highest BCUT2D eigenvalue weighted by molar-refractivity contribution is 6.52. The number of ether oxygens (including phenoxy) is 1. The molecule has 0 heterocycles. The van der Waals surface area contributed by atoms with Gasteiger partial charge in [-0.1, -0.05) is 30.3 Å². The van der Waals surface area contributed by atoms with Crippen LogP contribution in [0.5, 0.6) is 0 Å². The van der Waals surface area contributed by atoms with Gasteiger partial charge in [0, 0.05) is 0 Å². The van der Waals surface area contributed by atoms with Crippen LogP contribution in [0.1, 0.15) is 12.0 Å². The number of esters is 1. The maximum atomic E-state index is 11.4. The molecule has 1 unspecified atom stereocenters. The molecule has 1 atom stereocenters. The molecule has 0 spiro atoms. The number of carbonyl (C=O) groups excluding carboxylic acids is 1. The van der Waals surface area contributed by atoms with Gasteiger partial charge in [-0.2, -0.15) is 0 Å². The van der Waals surface area contributed by atoms with Crippen molar-refractivity contribution in [3.63, 3.8) is 0 Å².